The molecule has 36 heavy (non-hydrogen) atoms. The average Bonchev–Trinajstić information content (AvgIpc) is 3.29. The molecule has 7 heteroatoms. The Morgan fingerprint density at radius 3 is 2.58 bits per heavy atom. The number of carbonyl (C=O) groups is 3. The van der Waals surface area contributed by atoms with Crippen molar-refractivity contribution in [2.75, 3.05) is 0 Å². The molecule has 184 valence electrons. The Labute approximate surface area is 210 Å². The van der Waals surface area contributed by atoms with Crippen LogP contribution in [-0.2, 0) is 16.0 Å². The van der Waals surface area contributed by atoms with Gasteiger partial charge < -0.3 is 15.6 Å². The maximum atomic E-state index is 13.3. The number of rotatable bonds is 10. The molecular weight excluding hydrogens is 452 g/mol. The molecule has 2 aromatic heterocycles. The van der Waals surface area contributed by atoms with E-state index in [-0.39, 0.29) is 17.5 Å². The van der Waals surface area contributed by atoms with Crippen LogP contribution in [0.3, 0.4) is 0 Å². The van der Waals surface area contributed by atoms with Gasteiger partial charge in [-0.2, -0.15) is 0 Å². The minimum Gasteiger partial charge on any atom is -0.361 e. The second-order valence-corrected chi connectivity index (χ2v) is 9.24. The molecule has 0 radical (unpaired) electrons. The zero-order valence-corrected chi connectivity index (χ0v) is 20.4. The second kappa shape index (κ2) is 11.4. The van der Waals surface area contributed by atoms with Crippen LogP contribution in [0.5, 0.6) is 0 Å². The zero-order valence-electron chi connectivity index (χ0n) is 20.4. The van der Waals surface area contributed by atoms with Crippen molar-refractivity contribution in [1.82, 2.24) is 20.6 Å². The molecule has 0 saturated heterocycles. The number of hydrogen-bond donors (Lipinski definition) is 3. The number of aromatic nitrogens is 2. The number of hydrogen-bond acceptors (Lipinski definition) is 4. The summed E-state index contributed by atoms with van der Waals surface area (Å²) in [7, 11) is 0. The van der Waals surface area contributed by atoms with E-state index in [2.05, 4.69) is 20.6 Å². The van der Waals surface area contributed by atoms with Gasteiger partial charge in [0.15, 0.2) is 0 Å². The third-order valence-electron chi connectivity index (χ3n) is 6.02. The number of amides is 2. The smallest absolute Gasteiger partial charge is 0.270 e. The van der Waals surface area contributed by atoms with Gasteiger partial charge in [0.05, 0.1) is 11.6 Å². The molecule has 2 aromatic carbocycles. The number of H-pyrrole nitrogens is 1. The van der Waals surface area contributed by atoms with E-state index < -0.39 is 18.0 Å². The van der Waals surface area contributed by atoms with E-state index >= 15 is 0 Å². The van der Waals surface area contributed by atoms with Crippen molar-refractivity contribution in [3.63, 3.8) is 0 Å². The molecule has 0 aliphatic rings. The van der Waals surface area contributed by atoms with Crippen molar-refractivity contribution in [2.45, 2.75) is 38.8 Å². The van der Waals surface area contributed by atoms with Crippen LogP contribution in [0, 0.1) is 5.92 Å². The van der Waals surface area contributed by atoms with Crippen molar-refractivity contribution in [3.8, 4) is 0 Å². The highest BCUT2D eigenvalue weighted by molar-refractivity contribution is 5.98. The van der Waals surface area contributed by atoms with Gasteiger partial charge in [-0.1, -0.05) is 62.4 Å². The van der Waals surface area contributed by atoms with Crippen molar-refractivity contribution in [1.29, 1.82) is 0 Å². The van der Waals surface area contributed by atoms with E-state index in [1.807, 2.05) is 74.6 Å². The van der Waals surface area contributed by atoms with Gasteiger partial charge in [-0.15, -0.1) is 0 Å². The second-order valence-electron chi connectivity index (χ2n) is 9.24. The van der Waals surface area contributed by atoms with Crippen molar-refractivity contribution in [2.24, 2.45) is 5.92 Å². The summed E-state index contributed by atoms with van der Waals surface area (Å²) in [5, 5.41) is 7.88. The molecule has 0 saturated carbocycles. The van der Waals surface area contributed by atoms with Crippen LogP contribution in [0.25, 0.3) is 21.8 Å². The number of fused-ring (bicyclic) bond motifs is 2. The highest BCUT2D eigenvalue weighted by Crippen LogP contribution is 2.20. The molecule has 7 nitrogen and oxygen atoms in total. The van der Waals surface area contributed by atoms with Crippen LogP contribution < -0.4 is 10.6 Å². The number of nitrogens with one attached hydrogen (secondary N) is 3. The predicted molar refractivity (Wildman–Crippen MR) is 142 cm³/mol. The Bertz CT molecular complexity index is 1410. The fraction of sp³-hybridized carbons (Fsp3) is 0.241. The Balaban J connectivity index is 1.51. The van der Waals surface area contributed by atoms with Gasteiger partial charge in [0.25, 0.3) is 5.91 Å². The molecule has 0 spiro atoms. The summed E-state index contributed by atoms with van der Waals surface area (Å²) in [6.07, 6.45) is 6.61. The maximum absolute atomic E-state index is 13.3. The van der Waals surface area contributed by atoms with Crippen LogP contribution in [0.2, 0.25) is 0 Å². The van der Waals surface area contributed by atoms with E-state index in [1.165, 1.54) is 6.08 Å². The largest absolute Gasteiger partial charge is 0.361 e. The van der Waals surface area contributed by atoms with Crippen LogP contribution >= 0.6 is 0 Å². The summed E-state index contributed by atoms with van der Waals surface area (Å²) < 4.78 is 0. The van der Waals surface area contributed by atoms with Gasteiger partial charge in [-0.05, 0) is 48.6 Å². The summed E-state index contributed by atoms with van der Waals surface area (Å²) in [5.74, 6) is -0.542. The van der Waals surface area contributed by atoms with Gasteiger partial charge >= 0.3 is 0 Å². The number of carbonyl (C=O) groups excluding carboxylic acids is 3. The lowest BCUT2D eigenvalue weighted by atomic mass is 10.0. The SMILES string of the molecule is CC(C)C[C@H](NC(=O)c1ccc2ccccc2n1)C(=O)N[C@H](C=CC=O)Cc1c[nH]c2ccccc12. The Kier molecular flexibility index (Phi) is 7.90. The Morgan fingerprint density at radius 1 is 1.00 bits per heavy atom. The number of allylic oxidation sites excluding steroid dienone is 1. The molecule has 2 atom stereocenters. The first-order valence-corrected chi connectivity index (χ1v) is 12.1. The van der Waals surface area contributed by atoms with Gasteiger partial charge in [-0.25, -0.2) is 4.98 Å². The first-order chi connectivity index (χ1) is 17.4. The number of pyridine rings is 1. The quantitative estimate of drug-likeness (QED) is 0.231. The highest BCUT2D eigenvalue weighted by Gasteiger charge is 2.25. The normalized spacial score (nSPS) is 13.2. The van der Waals surface area contributed by atoms with Crippen molar-refractivity contribution >= 4 is 39.9 Å². The van der Waals surface area contributed by atoms with Crippen LogP contribution in [0.1, 0.15) is 36.3 Å². The van der Waals surface area contributed by atoms with E-state index in [9.17, 15) is 14.4 Å². The van der Waals surface area contributed by atoms with Crippen molar-refractivity contribution < 1.29 is 14.4 Å². The highest BCUT2D eigenvalue weighted by atomic mass is 16.2. The number of para-hydroxylation sites is 2. The van der Waals surface area contributed by atoms with E-state index in [0.717, 1.165) is 21.9 Å². The lowest BCUT2D eigenvalue weighted by Crippen LogP contribution is -2.50. The fourth-order valence-corrected chi connectivity index (χ4v) is 4.30. The van der Waals surface area contributed by atoms with Crippen LogP contribution in [-0.4, -0.2) is 40.2 Å². The monoisotopic (exact) mass is 482 g/mol. The van der Waals surface area contributed by atoms with E-state index in [0.29, 0.717) is 24.6 Å². The molecule has 4 aromatic rings. The molecule has 2 amide bonds. The Morgan fingerprint density at radius 2 is 1.78 bits per heavy atom. The summed E-state index contributed by atoms with van der Waals surface area (Å²) >= 11 is 0. The third kappa shape index (κ3) is 6.05. The summed E-state index contributed by atoms with van der Waals surface area (Å²) in [4.78, 5) is 45.1. The standard InChI is InChI=1S/C29H30N4O3/c1-19(2)16-27(33-28(35)26-14-13-20-8-3-5-11-24(20)32-26)29(36)31-22(9-7-15-34)17-21-18-30-25-12-6-4-10-23(21)25/h3-15,18-19,22,27,30H,16-17H2,1-2H3,(H,31,36)(H,33,35)/t22-,27+/m1/s1. The molecule has 0 unspecified atom stereocenters. The molecule has 0 aliphatic carbocycles. The third-order valence-corrected chi connectivity index (χ3v) is 6.02. The topological polar surface area (TPSA) is 104 Å². The maximum Gasteiger partial charge on any atom is 0.270 e. The number of aldehydes is 1. The van der Waals surface area contributed by atoms with Crippen LogP contribution in [0.15, 0.2) is 79.0 Å². The minimum absolute atomic E-state index is 0.170. The molecule has 4 rings (SSSR count). The Hall–Kier alpha value is -4.26. The van der Waals surface area contributed by atoms with Crippen LogP contribution in [0.4, 0.5) is 0 Å². The predicted octanol–water partition coefficient (Wildman–Crippen LogP) is 4.34. The first kappa shape index (κ1) is 24.9. The minimum atomic E-state index is -0.749. The van der Waals surface area contributed by atoms with Crippen molar-refractivity contribution in [3.05, 3.63) is 90.3 Å². The van der Waals surface area contributed by atoms with E-state index in [4.69, 9.17) is 0 Å². The number of nitrogens with zero attached hydrogens (tertiary/aromatic N) is 1. The average molecular weight is 483 g/mol. The molecule has 0 bridgehead atoms. The molecular formula is C29H30N4O3. The number of benzene rings is 2. The molecule has 0 aliphatic heterocycles. The van der Waals surface area contributed by atoms with Gasteiger partial charge in [0.1, 0.15) is 18.0 Å². The summed E-state index contributed by atoms with van der Waals surface area (Å²) in [6, 6.07) is 17.8. The van der Waals surface area contributed by atoms with Gasteiger partial charge in [0.2, 0.25) is 5.91 Å². The number of aromatic amines is 1. The van der Waals surface area contributed by atoms with Gasteiger partial charge in [-0.3, -0.25) is 14.4 Å². The van der Waals surface area contributed by atoms with Gasteiger partial charge in [0, 0.05) is 22.5 Å². The molecule has 2 heterocycles. The molecule has 3 N–H and O–H groups in total. The summed E-state index contributed by atoms with van der Waals surface area (Å²) in [5.41, 5.74) is 3.00. The molecule has 0 fully saturated rings. The fourth-order valence-electron chi connectivity index (χ4n) is 4.30. The van der Waals surface area contributed by atoms with E-state index in [1.54, 1.807) is 12.1 Å². The first-order valence-electron chi connectivity index (χ1n) is 12.1. The zero-order chi connectivity index (χ0) is 25.5. The lowest BCUT2D eigenvalue weighted by Gasteiger charge is -2.23. The lowest BCUT2D eigenvalue weighted by molar-refractivity contribution is -0.123. The summed E-state index contributed by atoms with van der Waals surface area (Å²) in [6.45, 7) is 3.99.